The molecule has 1 N–H and O–H groups in total. The van der Waals surface area contributed by atoms with E-state index in [2.05, 4.69) is 6.07 Å². The molecule has 1 aliphatic carbocycles. The molecule has 5 rings (SSSR count). The molecular weight excluding hydrogens is 408 g/mol. The molecule has 6 nitrogen and oxygen atoms in total. The highest BCUT2D eigenvalue weighted by molar-refractivity contribution is 7.91. The predicted octanol–water partition coefficient (Wildman–Crippen LogP) is 1.43. The van der Waals surface area contributed by atoms with Crippen molar-refractivity contribution in [1.82, 2.24) is 4.31 Å². The Labute approximate surface area is 173 Å². The van der Waals surface area contributed by atoms with Gasteiger partial charge in [0.05, 0.1) is 26.2 Å². The number of thiophene rings is 1. The molecule has 8 heteroatoms. The van der Waals surface area contributed by atoms with Crippen LogP contribution >= 0.6 is 11.3 Å². The van der Waals surface area contributed by atoms with Crippen molar-refractivity contribution < 1.29 is 17.7 Å². The molecule has 3 heterocycles. The molecule has 0 atom stereocenters. The number of hydrogen-bond donors (Lipinski definition) is 1. The lowest BCUT2D eigenvalue weighted by atomic mass is 10.0. The summed E-state index contributed by atoms with van der Waals surface area (Å²) in [4.78, 5) is 13.4. The van der Waals surface area contributed by atoms with Crippen molar-refractivity contribution in [1.29, 1.82) is 0 Å². The van der Waals surface area contributed by atoms with Crippen LogP contribution in [-0.4, -0.2) is 38.9 Å². The van der Waals surface area contributed by atoms with Gasteiger partial charge in [-0.05, 0) is 54.0 Å². The van der Waals surface area contributed by atoms with E-state index in [4.69, 9.17) is 4.42 Å². The third-order valence-electron chi connectivity index (χ3n) is 6.00. The summed E-state index contributed by atoms with van der Waals surface area (Å²) in [7, 11) is -3.39. The van der Waals surface area contributed by atoms with Crippen molar-refractivity contribution >= 4 is 32.3 Å². The standard InChI is InChI=1S/C21H22N2O4S2/c24-20-13-17(18-11-15-3-1-4-16(15)12-19(18)27-20)14-22-6-8-23(9-7-22)29(25,26)21-5-2-10-28-21/h2,5,10-13H,1,3-4,6-9,14H2/p+1. The van der Waals surface area contributed by atoms with Gasteiger partial charge in [-0.1, -0.05) is 6.07 Å². The van der Waals surface area contributed by atoms with Gasteiger partial charge in [0.2, 0.25) is 0 Å². The van der Waals surface area contributed by atoms with Crippen LogP contribution in [-0.2, 0) is 29.4 Å². The predicted molar refractivity (Wildman–Crippen MR) is 112 cm³/mol. The molecule has 2 aromatic heterocycles. The van der Waals surface area contributed by atoms with Crippen molar-refractivity contribution in [2.45, 2.75) is 30.0 Å². The minimum atomic E-state index is -3.39. The minimum Gasteiger partial charge on any atom is -0.423 e. The molecule has 1 fully saturated rings. The summed E-state index contributed by atoms with van der Waals surface area (Å²) in [5, 5.41) is 2.81. The van der Waals surface area contributed by atoms with E-state index in [0.29, 0.717) is 29.4 Å². The Kier molecular flexibility index (Phi) is 4.82. The molecule has 152 valence electrons. The zero-order valence-corrected chi connectivity index (χ0v) is 17.7. The van der Waals surface area contributed by atoms with Crippen LogP contribution in [0.25, 0.3) is 11.0 Å². The second-order valence-electron chi connectivity index (χ2n) is 7.82. The van der Waals surface area contributed by atoms with Crippen molar-refractivity contribution in [3.05, 3.63) is 62.8 Å². The van der Waals surface area contributed by atoms with Gasteiger partial charge in [0.15, 0.2) is 0 Å². The van der Waals surface area contributed by atoms with Gasteiger partial charge in [-0.15, -0.1) is 11.3 Å². The van der Waals surface area contributed by atoms with Crippen LogP contribution in [0.2, 0.25) is 0 Å². The van der Waals surface area contributed by atoms with Crippen LogP contribution in [0.3, 0.4) is 0 Å². The fourth-order valence-electron chi connectivity index (χ4n) is 4.47. The first-order valence-electron chi connectivity index (χ1n) is 9.96. The highest BCUT2D eigenvalue weighted by Crippen LogP contribution is 2.28. The number of nitrogens with zero attached hydrogens (tertiary/aromatic N) is 1. The topological polar surface area (TPSA) is 72.0 Å². The van der Waals surface area contributed by atoms with Gasteiger partial charge in [0.25, 0.3) is 10.0 Å². The second kappa shape index (κ2) is 7.36. The number of fused-ring (bicyclic) bond motifs is 2. The molecule has 0 unspecified atom stereocenters. The van der Waals surface area contributed by atoms with E-state index >= 15 is 0 Å². The lowest BCUT2D eigenvalue weighted by Gasteiger charge is -2.31. The number of hydrogen-bond acceptors (Lipinski definition) is 5. The minimum absolute atomic E-state index is 0.316. The fourth-order valence-corrected chi connectivity index (χ4v) is 7.05. The molecular formula is C21H23N2O4S2+. The van der Waals surface area contributed by atoms with E-state index in [1.165, 1.54) is 27.4 Å². The molecule has 29 heavy (non-hydrogen) atoms. The summed E-state index contributed by atoms with van der Waals surface area (Å²) >= 11 is 1.26. The summed E-state index contributed by atoms with van der Waals surface area (Å²) in [5.74, 6) is 0. The van der Waals surface area contributed by atoms with Crippen molar-refractivity contribution in [3.63, 3.8) is 0 Å². The molecule has 1 aromatic carbocycles. The zero-order chi connectivity index (χ0) is 20.0. The van der Waals surface area contributed by atoms with Crippen molar-refractivity contribution in [2.75, 3.05) is 26.2 Å². The van der Waals surface area contributed by atoms with Crippen LogP contribution in [0.5, 0.6) is 0 Å². The third-order valence-corrected chi connectivity index (χ3v) is 9.27. The van der Waals surface area contributed by atoms with E-state index in [1.54, 1.807) is 27.9 Å². The van der Waals surface area contributed by atoms with Gasteiger partial charge in [0, 0.05) is 17.0 Å². The molecule has 0 spiro atoms. The summed E-state index contributed by atoms with van der Waals surface area (Å²) in [5.41, 5.74) is 4.00. The Morgan fingerprint density at radius 3 is 2.59 bits per heavy atom. The highest BCUT2D eigenvalue weighted by atomic mass is 32.2. The quantitative estimate of drug-likeness (QED) is 0.635. The van der Waals surface area contributed by atoms with Gasteiger partial charge in [-0.2, -0.15) is 4.31 Å². The van der Waals surface area contributed by atoms with E-state index in [0.717, 1.165) is 43.3 Å². The molecule has 0 bridgehead atoms. The number of rotatable bonds is 4. The van der Waals surface area contributed by atoms with Crippen LogP contribution in [0.4, 0.5) is 0 Å². The van der Waals surface area contributed by atoms with E-state index < -0.39 is 10.0 Å². The largest absolute Gasteiger partial charge is 0.423 e. The number of nitrogens with one attached hydrogen (secondary N) is 1. The van der Waals surface area contributed by atoms with Gasteiger partial charge >= 0.3 is 5.63 Å². The molecule has 0 radical (unpaired) electrons. The first kappa shape index (κ1) is 19.0. The van der Waals surface area contributed by atoms with Crippen molar-refractivity contribution in [2.24, 2.45) is 0 Å². The fraction of sp³-hybridized carbons (Fsp3) is 0.381. The third kappa shape index (κ3) is 3.54. The number of aryl methyl sites for hydroxylation is 2. The van der Waals surface area contributed by atoms with Gasteiger partial charge < -0.3 is 9.32 Å². The van der Waals surface area contributed by atoms with E-state index in [9.17, 15) is 13.2 Å². The Morgan fingerprint density at radius 2 is 1.86 bits per heavy atom. The van der Waals surface area contributed by atoms with Gasteiger partial charge in [-0.25, -0.2) is 13.2 Å². The molecule has 1 aliphatic heterocycles. The van der Waals surface area contributed by atoms with Gasteiger partial charge in [0.1, 0.15) is 16.3 Å². The molecule has 2 aliphatic rings. The maximum atomic E-state index is 12.7. The Bertz CT molecular complexity index is 1210. The first-order chi connectivity index (χ1) is 14.0. The summed E-state index contributed by atoms with van der Waals surface area (Å²) < 4.78 is 32.9. The second-order valence-corrected chi connectivity index (χ2v) is 10.9. The maximum absolute atomic E-state index is 12.7. The van der Waals surface area contributed by atoms with E-state index in [-0.39, 0.29) is 5.63 Å². The molecule has 0 amide bonds. The van der Waals surface area contributed by atoms with Gasteiger partial charge in [-0.3, -0.25) is 0 Å². The van der Waals surface area contributed by atoms with Crippen LogP contribution in [0.15, 0.2) is 49.1 Å². The Morgan fingerprint density at radius 1 is 1.10 bits per heavy atom. The number of benzene rings is 1. The zero-order valence-electron chi connectivity index (χ0n) is 16.0. The highest BCUT2D eigenvalue weighted by Gasteiger charge is 2.31. The smallest absolute Gasteiger partial charge is 0.336 e. The average molecular weight is 432 g/mol. The monoisotopic (exact) mass is 431 g/mol. The summed E-state index contributed by atoms with van der Waals surface area (Å²) in [6.45, 7) is 3.12. The Hall–Kier alpha value is -2.00. The lowest BCUT2D eigenvalue weighted by molar-refractivity contribution is -0.917. The van der Waals surface area contributed by atoms with Crippen LogP contribution < -0.4 is 10.5 Å². The van der Waals surface area contributed by atoms with Crippen LogP contribution in [0, 0.1) is 0 Å². The number of quaternary nitrogens is 1. The number of piperazine rings is 1. The first-order valence-corrected chi connectivity index (χ1v) is 12.3. The summed E-state index contributed by atoms with van der Waals surface area (Å²) in [6, 6.07) is 9.25. The SMILES string of the molecule is O=c1cc(C[NH+]2CCN(S(=O)(=O)c3cccs3)CC2)c2cc3c(cc2o1)CCC3. The van der Waals surface area contributed by atoms with E-state index in [1.807, 2.05) is 6.07 Å². The average Bonchev–Trinajstić information content (AvgIpc) is 3.39. The van der Waals surface area contributed by atoms with Crippen LogP contribution in [0.1, 0.15) is 23.1 Å². The molecule has 0 saturated carbocycles. The number of sulfonamides is 1. The Balaban J connectivity index is 1.36. The molecule has 1 saturated heterocycles. The van der Waals surface area contributed by atoms with Crippen molar-refractivity contribution in [3.8, 4) is 0 Å². The summed E-state index contributed by atoms with van der Waals surface area (Å²) in [6.07, 6.45) is 3.28. The normalized spacial score (nSPS) is 18.3. The lowest BCUT2D eigenvalue weighted by Crippen LogP contribution is -3.13. The maximum Gasteiger partial charge on any atom is 0.336 e. The molecule has 3 aromatic rings.